The Balaban J connectivity index is 2.13. The second-order valence-corrected chi connectivity index (χ2v) is 5.29. The van der Waals surface area contributed by atoms with E-state index in [-0.39, 0.29) is 5.69 Å². The number of nitrogens with one attached hydrogen (secondary N) is 1. The Kier molecular flexibility index (Phi) is 4.39. The molecule has 0 aliphatic heterocycles. The first-order valence-electron chi connectivity index (χ1n) is 5.48. The number of nitro groups is 1. The summed E-state index contributed by atoms with van der Waals surface area (Å²) in [5.41, 5.74) is 1.76. The Morgan fingerprint density at radius 2 is 2.05 bits per heavy atom. The van der Waals surface area contributed by atoms with Gasteiger partial charge in [-0.2, -0.15) is 0 Å². The minimum Gasteiger partial charge on any atom is -0.381 e. The fraction of sp³-hybridized carbons (Fsp3) is 0.0769. The third kappa shape index (κ3) is 3.94. The first-order chi connectivity index (χ1) is 9.04. The van der Waals surface area contributed by atoms with Gasteiger partial charge in [-0.1, -0.05) is 33.6 Å². The molecule has 2 aromatic rings. The zero-order valence-corrected chi connectivity index (χ0v) is 12.1. The standard InChI is InChI=1S/C13H10BrClN2O2/c14-10-4-9(5-13(6-10)17(18)19)8-16-12-3-1-2-11(15)7-12/h1-7,16H,8H2. The van der Waals surface area contributed by atoms with Crippen molar-refractivity contribution in [1.29, 1.82) is 0 Å². The topological polar surface area (TPSA) is 55.2 Å². The highest BCUT2D eigenvalue weighted by Gasteiger charge is 2.08. The molecule has 1 N–H and O–H groups in total. The fourth-order valence-electron chi connectivity index (χ4n) is 1.64. The van der Waals surface area contributed by atoms with Gasteiger partial charge in [-0.25, -0.2) is 0 Å². The summed E-state index contributed by atoms with van der Waals surface area (Å²) in [4.78, 5) is 10.4. The molecule has 0 amide bonds. The number of anilines is 1. The third-order valence-electron chi connectivity index (χ3n) is 2.47. The molecule has 4 nitrogen and oxygen atoms in total. The summed E-state index contributed by atoms with van der Waals surface area (Å²) in [6.07, 6.45) is 0. The summed E-state index contributed by atoms with van der Waals surface area (Å²) in [6.45, 7) is 0.487. The van der Waals surface area contributed by atoms with E-state index in [2.05, 4.69) is 21.2 Å². The number of halogens is 2. The van der Waals surface area contributed by atoms with Crippen LogP contribution in [-0.2, 0) is 6.54 Å². The maximum absolute atomic E-state index is 10.8. The van der Waals surface area contributed by atoms with Gasteiger partial charge < -0.3 is 5.32 Å². The predicted molar refractivity (Wildman–Crippen MR) is 79.6 cm³/mol. The number of hydrogen-bond donors (Lipinski definition) is 1. The smallest absolute Gasteiger partial charge is 0.270 e. The van der Waals surface area contributed by atoms with E-state index < -0.39 is 4.92 Å². The molecule has 0 heterocycles. The second kappa shape index (κ2) is 6.04. The maximum atomic E-state index is 10.8. The molecule has 19 heavy (non-hydrogen) atoms. The van der Waals surface area contributed by atoms with Crippen LogP contribution in [0.25, 0.3) is 0 Å². The van der Waals surface area contributed by atoms with Gasteiger partial charge >= 0.3 is 0 Å². The molecule has 2 aromatic carbocycles. The molecule has 0 saturated carbocycles. The molecule has 0 atom stereocenters. The van der Waals surface area contributed by atoms with Crippen molar-refractivity contribution in [2.24, 2.45) is 0 Å². The van der Waals surface area contributed by atoms with Crippen molar-refractivity contribution in [2.45, 2.75) is 6.54 Å². The Morgan fingerprint density at radius 1 is 1.26 bits per heavy atom. The molecule has 0 aromatic heterocycles. The Labute approximate surface area is 123 Å². The van der Waals surface area contributed by atoms with Crippen LogP contribution in [0.2, 0.25) is 5.02 Å². The fourth-order valence-corrected chi connectivity index (χ4v) is 2.36. The van der Waals surface area contributed by atoms with E-state index in [1.807, 2.05) is 18.2 Å². The number of benzene rings is 2. The molecular weight excluding hydrogens is 332 g/mol. The minimum absolute atomic E-state index is 0.0669. The summed E-state index contributed by atoms with van der Waals surface area (Å²) < 4.78 is 0.685. The van der Waals surface area contributed by atoms with E-state index in [0.717, 1.165) is 11.3 Å². The molecule has 0 spiro atoms. The number of rotatable bonds is 4. The largest absolute Gasteiger partial charge is 0.381 e. The van der Waals surface area contributed by atoms with Crippen LogP contribution >= 0.6 is 27.5 Å². The second-order valence-electron chi connectivity index (χ2n) is 3.94. The van der Waals surface area contributed by atoms with E-state index in [0.29, 0.717) is 16.0 Å². The summed E-state index contributed by atoms with van der Waals surface area (Å²) >= 11 is 9.15. The van der Waals surface area contributed by atoms with Crippen molar-refractivity contribution >= 4 is 38.9 Å². The van der Waals surface area contributed by atoms with Gasteiger partial charge in [0.25, 0.3) is 5.69 Å². The highest BCUT2D eigenvalue weighted by Crippen LogP contribution is 2.22. The molecular formula is C13H10BrClN2O2. The van der Waals surface area contributed by atoms with Gasteiger partial charge in [-0.15, -0.1) is 0 Å². The van der Waals surface area contributed by atoms with E-state index >= 15 is 0 Å². The van der Waals surface area contributed by atoms with Gasteiger partial charge in [0.2, 0.25) is 0 Å². The van der Waals surface area contributed by atoms with Gasteiger partial charge in [-0.05, 0) is 29.8 Å². The predicted octanol–water partition coefficient (Wildman–Crippen LogP) is 4.62. The van der Waals surface area contributed by atoms with E-state index in [9.17, 15) is 10.1 Å². The van der Waals surface area contributed by atoms with Crippen molar-refractivity contribution < 1.29 is 4.92 Å². The normalized spacial score (nSPS) is 10.2. The Hall–Kier alpha value is -1.59. The first-order valence-corrected chi connectivity index (χ1v) is 6.65. The zero-order valence-electron chi connectivity index (χ0n) is 9.77. The van der Waals surface area contributed by atoms with Crippen LogP contribution in [0.5, 0.6) is 0 Å². The zero-order chi connectivity index (χ0) is 13.8. The molecule has 6 heteroatoms. The van der Waals surface area contributed by atoms with Gasteiger partial charge in [-0.3, -0.25) is 10.1 Å². The van der Waals surface area contributed by atoms with Crippen LogP contribution in [-0.4, -0.2) is 4.92 Å². The summed E-state index contributed by atoms with van der Waals surface area (Å²) in [5.74, 6) is 0. The van der Waals surface area contributed by atoms with Crippen LogP contribution in [0.1, 0.15) is 5.56 Å². The maximum Gasteiger partial charge on any atom is 0.270 e. The van der Waals surface area contributed by atoms with Gasteiger partial charge in [0.05, 0.1) is 4.92 Å². The lowest BCUT2D eigenvalue weighted by Crippen LogP contribution is -2.00. The van der Waals surface area contributed by atoms with Crippen LogP contribution < -0.4 is 5.32 Å². The average Bonchev–Trinajstić information content (AvgIpc) is 2.36. The summed E-state index contributed by atoms with van der Waals surface area (Å²) in [6, 6.07) is 12.2. The minimum atomic E-state index is -0.409. The number of non-ortho nitro benzene ring substituents is 1. The SMILES string of the molecule is O=[N+]([O-])c1cc(Br)cc(CNc2cccc(Cl)c2)c1. The monoisotopic (exact) mass is 340 g/mol. The molecule has 0 saturated heterocycles. The Morgan fingerprint density at radius 3 is 2.74 bits per heavy atom. The highest BCUT2D eigenvalue weighted by molar-refractivity contribution is 9.10. The molecule has 0 aliphatic rings. The quantitative estimate of drug-likeness (QED) is 0.652. The molecule has 0 bridgehead atoms. The highest BCUT2D eigenvalue weighted by atomic mass is 79.9. The lowest BCUT2D eigenvalue weighted by molar-refractivity contribution is -0.385. The lowest BCUT2D eigenvalue weighted by Gasteiger charge is -2.07. The Bertz CT molecular complexity index is 619. The van der Waals surface area contributed by atoms with E-state index in [1.54, 1.807) is 18.2 Å². The average molecular weight is 342 g/mol. The molecule has 98 valence electrons. The number of nitro benzene ring substituents is 1. The molecule has 0 unspecified atom stereocenters. The molecule has 0 aliphatic carbocycles. The molecule has 0 fully saturated rings. The number of hydrogen-bond acceptors (Lipinski definition) is 3. The van der Waals surface area contributed by atoms with Crippen LogP contribution in [0.3, 0.4) is 0 Å². The van der Waals surface area contributed by atoms with Gasteiger partial charge in [0, 0.05) is 33.9 Å². The third-order valence-corrected chi connectivity index (χ3v) is 3.17. The van der Waals surface area contributed by atoms with E-state index in [1.165, 1.54) is 6.07 Å². The first kappa shape index (κ1) is 13.8. The van der Waals surface area contributed by atoms with Gasteiger partial charge in [0.15, 0.2) is 0 Å². The van der Waals surface area contributed by atoms with Crippen molar-refractivity contribution in [2.75, 3.05) is 5.32 Å². The van der Waals surface area contributed by atoms with Crippen LogP contribution in [0.15, 0.2) is 46.9 Å². The van der Waals surface area contributed by atoms with Crippen molar-refractivity contribution in [3.05, 3.63) is 67.6 Å². The number of nitrogens with zero attached hydrogens (tertiary/aromatic N) is 1. The molecule has 0 radical (unpaired) electrons. The van der Waals surface area contributed by atoms with Crippen molar-refractivity contribution in [1.82, 2.24) is 0 Å². The van der Waals surface area contributed by atoms with Crippen LogP contribution in [0, 0.1) is 10.1 Å². The van der Waals surface area contributed by atoms with E-state index in [4.69, 9.17) is 11.6 Å². The molecule has 2 rings (SSSR count). The lowest BCUT2D eigenvalue weighted by atomic mass is 10.2. The van der Waals surface area contributed by atoms with Crippen molar-refractivity contribution in [3.63, 3.8) is 0 Å². The van der Waals surface area contributed by atoms with Crippen LogP contribution in [0.4, 0.5) is 11.4 Å². The summed E-state index contributed by atoms with van der Waals surface area (Å²) in [7, 11) is 0. The summed E-state index contributed by atoms with van der Waals surface area (Å²) in [5, 5.41) is 14.6. The van der Waals surface area contributed by atoms with Crippen molar-refractivity contribution in [3.8, 4) is 0 Å². The van der Waals surface area contributed by atoms with Gasteiger partial charge in [0.1, 0.15) is 0 Å².